The van der Waals surface area contributed by atoms with Gasteiger partial charge in [0, 0.05) is 48.6 Å². The first-order valence-electron chi connectivity index (χ1n) is 13.4. The Morgan fingerprint density at radius 1 is 0.913 bits per heavy atom. The van der Waals surface area contributed by atoms with Gasteiger partial charge >= 0.3 is 12.2 Å². The zero-order valence-corrected chi connectivity index (χ0v) is 25.2. The number of nitrogens with zero attached hydrogens (tertiary/aromatic N) is 2. The molecule has 46 heavy (non-hydrogen) atoms. The molecule has 0 saturated carbocycles. The maximum absolute atomic E-state index is 15.1. The number of nitrogens with one attached hydrogen (secondary N) is 5. The first-order chi connectivity index (χ1) is 21.6. The normalized spacial score (nSPS) is 12.5. The van der Waals surface area contributed by atoms with Crippen LogP contribution >= 0.6 is 0 Å². The molecule has 1 atom stereocenters. The largest absolute Gasteiger partial charge is 0.416 e. The van der Waals surface area contributed by atoms with Crippen molar-refractivity contribution in [3.8, 4) is 11.1 Å². The molecule has 10 nitrogen and oxygen atoms in total. The van der Waals surface area contributed by atoms with Crippen molar-refractivity contribution < 1.29 is 35.8 Å². The Bertz CT molecular complexity index is 1870. The van der Waals surface area contributed by atoms with Gasteiger partial charge in [-0.05, 0) is 75.6 Å². The van der Waals surface area contributed by atoms with Gasteiger partial charge < -0.3 is 26.6 Å². The maximum Gasteiger partial charge on any atom is 0.416 e. The minimum Gasteiger partial charge on any atom is -0.368 e. The number of hydrogen-bond acceptors (Lipinski definition) is 7. The molecule has 3 aromatic carbocycles. The van der Waals surface area contributed by atoms with Gasteiger partial charge in [0.05, 0.1) is 16.9 Å². The maximum atomic E-state index is 15.1. The van der Waals surface area contributed by atoms with E-state index in [0.717, 1.165) is 6.07 Å². The number of carbonyl (C=O) groups is 2. The first-order valence-corrected chi connectivity index (χ1v) is 15.5. The van der Waals surface area contributed by atoms with Crippen LogP contribution in [0.25, 0.3) is 11.1 Å². The van der Waals surface area contributed by atoms with E-state index in [9.17, 15) is 31.4 Å². The van der Waals surface area contributed by atoms with E-state index in [1.54, 1.807) is 24.3 Å². The summed E-state index contributed by atoms with van der Waals surface area (Å²) in [5.41, 5.74) is -1.02. The molecular weight excluding hydrogens is 633 g/mol. The van der Waals surface area contributed by atoms with Gasteiger partial charge in [0.25, 0.3) is 0 Å². The first kappa shape index (κ1) is 33.6. The molecule has 16 heteroatoms. The van der Waals surface area contributed by atoms with E-state index in [0.29, 0.717) is 39.9 Å². The second kappa shape index (κ2) is 13.8. The summed E-state index contributed by atoms with van der Waals surface area (Å²) in [6.07, 6.45) is -1.82. The zero-order chi connectivity index (χ0) is 33.6. The highest BCUT2D eigenvalue weighted by molar-refractivity contribution is 7.99. The summed E-state index contributed by atoms with van der Waals surface area (Å²) in [4.78, 5) is 33.0. The highest BCUT2D eigenvalue weighted by Crippen LogP contribution is 2.33. The fourth-order valence-corrected chi connectivity index (χ4v) is 4.73. The Hall–Kier alpha value is -5.25. The Morgan fingerprint density at radius 2 is 1.61 bits per heavy atom. The third-order valence-electron chi connectivity index (χ3n) is 6.26. The molecule has 242 valence electrons. The third kappa shape index (κ3) is 8.90. The second-order valence-electron chi connectivity index (χ2n) is 9.99. The summed E-state index contributed by atoms with van der Waals surface area (Å²) in [5.74, 6) is 1.83. The van der Waals surface area contributed by atoms with Crippen LogP contribution in [0.15, 0.2) is 71.8 Å². The number of anilines is 5. The monoisotopic (exact) mass is 661 g/mol. The van der Waals surface area contributed by atoms with Crippen LogP contribution in [0, 0.1) is 11.6 Å². The zero-order valence-electron chi connectivity index (χ0n) is 24.4. The molecule has 0 spiro atoms. The van der Waals surface area contributed by atoms with Gasteiger partial charge in [-0.15, -0.1) is 0 Å². The lowest BCUT2D eigenvalue weighted by molar-refractivity contribution is -0.137. The van der Waals surface area contributed by atoms with Gasteiger partial charge in [-0.25, -0.2) is 18.6 Å². The molecular formula is C30H28F5N7O3S. The molecule has 1 unspecified atom stereocenters. The number of hydrogen-bond donors (Lipinski definition) is 5. The highest BCUT2D eigenvalue weighted by atomic mass is 32.2. The predicted molar refractivity (Wildman–Crippen MR) is 168 cm³/mol. The van der Waals surface area contributed by atoms with E-state index in [2.05, 4.69) is 37.1 Å². The van der Waals surface area contributed by atoms with Crippen molar-refractivity contribution in [2.45, 2.75) is 18.0 Å². The predicted octanol–water partition coefficient (Wildman–Crippen LogP) is 6.08. The number of halogens is 5. The molecule has 0 radical (unpaired) electrons. The summed E-state index contributed by atoms with van der Waals surface area (Å²) in [5, 5.41) is 12.8. The average Bonchev–Trinajstić information content (AvgIpc) is 2.97. The fourth-order valence-electron chi connectivity index (χ4n) is 4.02. The summed E-state index contributed by atoms with van der Waals surface area (Å²) in [7, 11) is -2.40. The van der Waals surface area contributed by atoms with Gasteiger partial charge in [-0.1, -0.05) is 6.07 Å². The van der Waals surface area contributed by atoms with Crippen LogP contribution in [0.4, 0.5) is 55.6 Å². The van der Waals surface area contributed by atoms with Crippen LogP contribution < -0.4 is 26.6 Å². The Labute approximate surface area is 260 Å². The lowest BCUT2D eigenvalue weighted by Gasteiger charge is -2.15. The number of amides is 3. The molecule has 4 aromatic rings. The number of aromatic nitrogens is 2. The van der Waals surface area contributed by atoms with Crippen molar-refractivity contribution in [2.75, 3.05) is 40.6 Å². The van der Waals surface area contributed by atoms with Crippen LogP contribution in [0.1, 0.15) is 12.5 Å². The molecule has 0 fully saturated rings. The van der Waals surface area contributed by atoms with Crippen LogP contribution in [-0.4, -0.2) is 51.3 Å². The number of alkyl halides is 3. The fraction of sp³-hybridized carbons (Fsp3) is 0.167. The SMILES string of the molecule is C=S(C)(=O)c1ccc(Nc2ncc(-c3ccc(NC(=O)Nc4cc(C(F)(F)F)ccc4F)c(F)c3)c(NCCNC(C)=O)n2)cc1. The molecule has 3 amide bonds. The standard InChI is InChI=1S/C30H28F5N7O3S/c1-17(43)36-12-13-37-27-22(16-38-28(42-27)39-20-6-8-21(9-7-20)46(2,3)45)18-4-11-25(24(32)14-18)40-29(44)41-26-15-19(30(33,34)35)5-10-23(26)31/h4-11,14-16H,2,12-13H2,1,3H3,(H,36,43)(H2,40,41,44)(H2,37,38,39,42). The van der Waals surface area contributed by atoms with E-state index in [1.807, 2.05) is 5.32 Å². The molecule has 1 aromatic heterocycles. The molecule has 0 aliphatic heterocycles. The van der Waals surface area contributed by atoms with Gasteiger partial charge in [0.1, 0.15) is 17.5 Å². The van der Waals surface area contributed by atoms with E-state index < -0.39 is 44.6 Å². The summed E-state index contributed by atoms with van der Waals surface area (Å²) < 4.78 is 80.3. The van der Waals surface area contributed by atoms with Crippen molar-refractivity contribution in [1.29, 1.82) is 0 Å². The summed E-state index contributed by atoms with van der Waals surface area (Å²) in [6.45, 7) is 1.87. The van der Waals surface area contributed by atoms with Crippen LogP contribution in [0.2, 0.25) is 0 Å². The smallest absolute Gasteiger partial charge is 0.368 e. The van der Waals surface area contributed by atoms with Gasteiger partial charge in [0.2, 0.25) is 11.9 Å². The number of carbonyl (C=O) groups excluding carboxylic acids is 2. The quantitative estimate of drug-likeness (QED) is 0.0789. The Kier molecular flexibility index (Phi) is 10.1. The second-order valence-corrected chi connectivity index (χ2v) is 12.5. The van der Waals surface area contributed by atoms with Crippen molar-refractivity contribution in [1.82, 2.24) is 15.3 Å². The van der Waals surface area contributed by atoms with E-state index in [4.69, 9.17) is 0 Å². The molecule has 0 bridgehead atoms. The van der Waals surface area contributed by atoms with E-state index in [1.165, 1.54) is 31.5 Å². The van der Waals surface area contributed by atoms with Gasteiger partial charge in [0.15, 0.2) is 0 Å². The minimum absolute atomic E-state index is 0.169. The van der Waals surface area contributed by atoms with E-state index >= 15 is 4.39 Å². The molecule has 0 aliphatic rings. The average molecular weight is 662 g/mol. The van der Waals surface area contributed by atoms with Crippen molar-refractivity contribution in [3.05, 3.63) is 84.1 Å². The lowest BCUT2D eigenvalue weighted by atomic mass is 10.1. The van der Waals surface area contributed by atoms with Gasteiger partial charge in [-0.2, -0.15) is 18.2 Å². The van der Waals surface area contributed by atoms with Gasteiger partial charge in [-0.3, -0.25) is 9.00 Å². The summed E-state index contributed by atoms with van der Waals surface area (Å²) in [6, 6.07) is 10.7. The summed E-state index contributed by atoms with van der Waals surface area (Å²) >= 11 is 0. The number of urea groups is 1. The van der Waals surface area contributed by atoms with Crippen LogP contribution in [0.3, 0.4) is 0 Å². The Balaban J connectivity index is 1.55. The van der Waals surface area contributed by atoms with Crippen molar-refractivity contribution in [3.63, 3.8) is 0 Å². The molecule has 4 rings (SSSR count). The molecule has 1 heterocycles. The molecule has 0 saturated heterocycles. The third-order valence-corrected chi connectivity index (χ3v) is 7.53. The van der Waals surface area contributed by atoms with Crippen LogP contribution in [-0.2, 0) is 20.5 Å². The van der Waals surface area contributed by atoms with Crippen molar-refractivity contribution >= 4 is 56.2 Å². The minimum atomic E-state index is -4.77. The lowest BCUT2D eigenvalue weighted by Crippen LogP contribution is -2.26. The topological polar surface area (TPSA) is 137 Å². The molecule has 5 N–H and O–H groups in total. The number of benzene rings is 3. The van der Waals surface area contributed by atoms with Crippen molar-refractivity contribution in [2.24, 2.45) is 0 Å². The number of rotatable bonds is 10. The Morgan fingerprint density at radius 3 is 2.24 bits per heavy atom. The van der Waals surface area contributed by atoms with Crippen LogP contribution in [0.5, 0.6) is 0 Å². The molecule has 0 aliphatic carbocycles. The van der Waals surface area contributed by atoms with E-state index in [-0.39, 0.29) is 36.5 Å². The highest BCUT2D eigenvalue weighted by Gasteiger charge is 2.31.